The first-order valence-electron chi connectivity index (χ1n) is 4.19. The van der Waals surface area contributed by atoms with Crippen molar-refractivity contribution in [2.75, 3.05) is 12.3 Å². The van der Waals surface area contributed by atoms with Crippen molar-refractivity contribution in [3.8, 4) is 0 Å². The third-order valence-electron chi connectivity index (χ3n) is 1.64. The van der Waals surface area contributed by atoms with Gasteiger partial charge in [0.05, 0.1) is 24.4 Å². The third-order valence-corrected chi connectivity index (χ3v) is 1.64. The Labute approximate surface area is 80.9 Å². The number of hydrogen-bond donors (Lipinski definition) is 1. The van der Waals surface area contributed by atoms with Gasteiger partial charge in [-0.1, -0.05) is 0 Å². The predicted octanol–water partition coefficient (Wildman–Crippen LogP) is 0.909. The number of halogens is 1. The molecule has 1 aromatic rings. The van der Waals surface area contributed by atoms with Crippen LogP contribution in [0, 0.1) is 5.82 Å². The standard InChI is InChI=1S/C9H11FN2O2/c1-2-14-8(13)5-7-9(11)6(10)3-4-12-7/h3-4H,2,5,11H2,1H3. The van der Waals surface area contributed by atoms with Gasteiger partial charge in [-0.3, -0.25) is 9.78 Å². The second-order valence-corrected chi connectivity index (χ2v) is 2.63. The number of pyridine rings is 1. The minimum absolute atomic E-state index is 0.0967. The molecule has 0 saturated carbocycles. The number of aromatic nitrogens is 1. The van der Waals surface area contributed by atoms with Gasteiger partial charge in [-0.15, -0.1) is 0 Å². The number of carbonyl (C=O) groups excluding carboxylic acids is 1. The summed E-state index contributed by atoms with van der Waals surface area (Å²) in [6, 6.07) is 1.14. The van der Waals surface area contributed by atoms with Crippen molar-refractivity contribution in [1.29, 1.82) is 0 Å². The first kappa shape index (κ1) is 10.4. The molecule has 0 atom stereocenters. The van der Waals surface area contributed by atoms with Crippen LogP contribution in [0.15, 0.2) is 12.3 Å². The monoisotopic (exact) mass is 198 g/mol. The largest absolute Gasteiger partial charge is 0.466 e. The molecule has 76 valence electrons. The van der Waals surface area contributed by atoms with E-state index in [1.54, 1.807) is 6.92 Å². The zero-order chi connectivity index (χ0) is 10.6. The number of hydrogen-bond acceptors (Lipinski definition) is 4. The van der Waals surface area contributed by atoms with Crippen molar-refractivity contribution in [2.24, 2.45) is 0 Å². The Morgan fingerprint density at radius 3 is 3.07 bits per heavy atom. The molecule has 0 aliphatic rings. The molecule has 1 aromatic heterocycles. The molecule has 0 aromatic carbocycles. The molecule has 4 nitrogen and oxygen atoms in total. The highest BCUT2D eigenvalue weighted by Gasteiger charge is 2.10. The molecule has 0 bridgehead atoms. The smallest absolute Gasteiger partial charge is 0.311 e. The summed E-state index contributed by atoms with van der Waals surface area (Å²) in [6.45, 7) is 1.98. The van der Waals surface area contributed by atoms with Crippen LogP contribution in [-0.4, -0.2) is 17.6 Å². The fraction of sp³-hybridized carbons (Fsp3) is 0.333. The Hall–Kier alpha value is -1.65. The summed E-state index contributed by atoms with van der Waals surface area (Å²) in [5.41, 5.74) is 5.50. The minimum atomic E-state index is -0.570. The molecule has 0 fully saturated rings. The van der Waals surface area contributed by atoms with Gasteiger partial charge < -0.3 is 10.5 Å². The van der Waals surface area contributed by atoms with Gasteiger partial charge in [-0.05, 0) is 13.0 Å². The van der Waals surface area contributed by atoms with E-state index in [1.807, 2.05) is 0 Å². The van der Waals surface area contributed by atoms with E-state index in [-0.39, 0.29) is 24.4 Å². The molecule has 0 saturated heterocycles. The lowest BCUT2D eigenvalue weighted by Crippen LogP contribution is -2.11. The topological polar surface area (TPSA) is 65.2 Å². The van der Waals surface area contributed by atoms with Gasteiger partial charge in [0.2, 0.25) is 0 Å². The Morgan fingerprint density at radius 2 is 2.43 bits per heavy atom. The predicted molar refractivity (Wildman–Crippen MR) is 48.9 cm³/mol. The Kier molecular flexibility index (Phi) is 3.39. The van der Waals surface area contributed by atoms with E-state index >= 15 is 0 Å². The molecular formula is C9H11FN2O2. The summed E-state index contributed by atoms with van der Waals surface area (Å²) in [5, 5.41) is 0. The van der Waals surface area contributed by atoms with Crippen LogP contribution in [0.3, 0.4) is 0 Å². The summed E-state index contributed by atoms with van der Waals surface area (Å²) >= 11 is 0. The molecule has 1 rings (SSSR count). The lowest BCUT2D eigenvalue weighted by molar-refractivity contribution is -0.142. The number of nitrogens with two attached hydrogens (primary N) is 1. The number of esters is 1. The van der Waals surface area contributed by atoms with Gasteiger partial charge in [-0.25, -0.2) is 4.39 Å². The molecule has 5 heteroatoms. The van der Waals surface area contributed by atoms with Crippen LogP contribution in [0.4, 0.5) is 10.1 Å². The molecule has 14 heavy (non-hydrogen) atoms. The highest BCUT2D eigenvalue weighted by atomic mass is 19.1. The van der Waals surface area contributed by atoms with E-state index in [0.29, 0.717) is 0 Å². The van der Waals surface area contributed by atoms with Crippen LogP contribution in [-0.2, 0) is 16.0 Å². The molecule has 0 unspecified atom stereocenters. The Bertz CT molecular complexity index is 342. The third kappa shape index (κ3) is 2.42. The number of carbonyl (C=O) groups is 1. The lowest BCUT2D eigenvalue weighted by atomic mass is 10.2. The molecule has 0 spiro atoms. The maximum absolute atomic E-state index is 12.9. The van der Waals surface area contributed by atoms with Crippen LogP contribution in [0.2, 0.25) is 0 Å². The quantitative estimate of drug-likeness (QED) is 0.733. The number of anilines is 1. The van der Waals surface area contributed by atoms with E-state index in [2.05, 4.69) is 9.72 Å². The number of ether oxygens (including phenoxy) is 1. The van der Waals surface area contributed by atoms with Crippen LogP contribution in [0.1, 0.15) is 12.6 Å². The second kappa shape index (κ2) is 4.55. The van der Waals surface area contributed by atoms with Crippen LogP contribution >= 0.6 is 0 Å². The normalized spacial score (nSPS) is 9.86. The SMILES string of the molecule is CCOC(=O)Cc1nccc(F)c1N. The van der Waals surface area contributed by atoms with Crippen molar-refractivity contribution in [1.82, 2.24) is 4.98 Å². The first-order chi connectivity index (χ1) is 6.65. The average molecular weight is 198 g/mol. The van der Waals surface area contributed by atoms with Crippen LogP contribution in [0.25, 0.3) is 0 Å². The van der Waals surface area contributed by atoms with E-state index in [9.17, 15) is 9.18 Å². The van der Waals surface area contributed by atoms with Crippen molar-refractivity contribution < 1.29 is 13.9 Å². The minimum Gasteiger partial charge on any atom is -0.466 e. The van der Waals surface area contributed by atoms with Gasteiger partial charge in [0.25, 0.3) is 0 Å². The molecule has 0 aliphatic carbocycles. The highest BCUT2D eigenvalue weighted by molar-refractivity contribution is 5.73. The molecule has 1 heterocycles. The molecular weight excluding hydrogens is 187 g/mol. The summed E-state index contributed by atoms with van der Waals surface area (Å²) in [7, 11) is 0. The van der Waals surface area contributed by atoms with Crippen molar-refractivity contribution >= 4 is 11.7 Å². The molecule has 0 aliphatic heterocycles. The van der Waals surface area contributed by atoms with Gasteiger partial charge in [0.1, 0.15) is 5.82 Å². The van der Waals surface area contributed by atoms with E-state index in [4.69, 9.17) is 5.73 Å². The fourth-order valence-corrected chi connectivity index (χ4v) is 0.979. The van der Waals surface area contributed by atoms with Crippen molar-refractivity contribution in [3.05, 3.63) is 23.8 Å². The summed E-state index contributed by atoms with van der Waals surface area (Å²) < 4.78 is 17.6. The maximum atomic E-state index is 12.9. The van der Waals surface area contributed by atoms with E-state index in [1.165, 1.54) is 6.20 Å². The summed E-state index contributed by atoms with van der Waals surface area (Å²) in [6.07, 6.45) is 1.16. The fourth-order valence-electron chi connectivity index (χ4n) is 0.979. The maximum Gasteiger partial charge on any atom is 0.311 e. The molecule has 0 amide bonds. The van der Waals surface area contributed by atoms with E-state index < -0.39 is 11.8 Å². The van der Waals surface area contributed by atoms with E-state index in [0.717, 1.165) is 6.07 Å². The van der Waals surface area contributed by atoms with Crippen molar-refractivity contribution in [3.63, 3.8) is 0 Å². The van der Waals surface area contributed by atoms with Gasteiger partial charge in [0, 0.05) is 6.20 Å². The number of nitrogens with zero attached hydrogens (tertiary/aromatic N) is 1. The average Bonchev–Trinajstić information content (AvgIpc) is 2.13. The lowest BCUT2D eigenvalue weighted by Gasteiger charge is -2.04. The second-order valence-electron chi connectivity index (χ2n) is 2.63. The number of rotatable bonds is 3. The summed E-state index contributed by atoms with van der Waals surface area (Å²) in [4.78, 5) is 14.8. The molecule has 2 N–H and O–H groups in total. The van der Waals surface area contributed by atoms with Crippen LogP contribution in [0.5, 0.6) is 0 Å². The Balaban J connectivity index is 2.76. The number of nitrogen functional groups attached to an aromatic ring is 1. The van der Waals surface area contributed by atoms with Gasteiger partial charge >= 0.3 is 5.97 Å². The zero-order valence-electron chi connectivity index (χ0n) is 7.79. The van der Waals surface area contributed by atoms with Gasteiger partial charge in [0.15, 0.2) is 0 Å². The highest BCUT2D eigenvalue weighted by Crippen LogP contribution is 2.13. The zero-order valence-corrected chi connectivity index (χ0v) is 7.79. The molecule has 0 radical (unpaired) electrons. The van der Waals surface area contributed by atoms with Gasteiger partial charge in [-0.2, -0.15) is 0 Å². The van der Waals surface area contributed by atoms with Crippen molar-refractivity contribution in [2.45, 2.75) is 13.3 Å². The Morgan fingerprint density at radius 1 is 1.71 bits per heavy atom. The first-order valence-corrected chi connectivity index (χ1v) is 4.19. The summed E-state index contributed by atoms with van der Waals surface area (Å²) in [5.74, 6) is -1.03. The van der Waals surface area contributed by atoms with Crippen LogP contribution < -0.4 is 5.73 Å².